The zero-order chi connectivity index (χ0) is 16.9. The Kier molecular flexibility index (Phi) is 4.33. The molecule has 0 aliphatic rings. The van der Waals surface area contributed by atoms with E-state index in [0.29, 0.717) is 22.8 Å². The van der Waals surface area contributed by atoms with Gasteiger partial charge in [0.2, 0.25) is 5.88 Å². The van der Waals surface area contributed by atoms with Gasteiger partial charge in [0.1, 0.15) is 17.8 Å². The largest absolute Gasteiger partial charge is 0.435 e. The number of benzene rings is 1. The maximum Gasteiger partial charge on any atom is 0.248 e. The van der Waals surface area contributed by atoms with E-state index in [4.69, 9.17) is 10.5 Å². The first kappa shape index (κ1) is 15.4. The molecule has 3 rings (SSSR count). The Balaban J connectivity index is 1.85. The van der Waals surface area contributed by atoms with Crippen molar-refractivity contribution in [1.82, 2.24) is 15.0 Å². The molecule has 3 N–H and O–H groups in total. The maximum absolute atomic E-state index is 11.5. The summed E-state index contributed by atoms with van der Waals surface area (Å²) in [6, 6.07) is 10.6. The lowest BCUT2D eigenvalue weighted by atomic mass is 10.1. The number of aromatic nitrogens is 3. The van der Waals surface area contributed by atoms with Crippen LogP contribution >= 0.6 is 0 Å². The number of carbonyl (C=O) groups is 1. The third-order valence-corrected chi connectivity index (χ3v) is 3.23. The number of rotatable bonds is 5. The van der Waals surface area contributed by atoms with Crippen LogP contribution in [0, 0.1) is 0 Å². The SMILES string of the molecule is CC(=O)c1cccc(Nc2ncnc(Oc3cccnc3)c2N)c1. The van der Waals surface area contributed by atoms with Gasteiger partial charge in [0, 0.05) is 17.4 Å². The lowest BCUT2D eigenvalue weighted by Gasteiger charge is -2.12. The van der Waals surface area contributed by atoms with Gasteiger partial charge in [0.05, 0.1) is 6.20 Å². The molecular formula is C17H15N5O2. The van der Waals surface area contributed by atoms with Crippen molar-refractivity contribution < 1.29 is 9.53 Å². The molecule has 2 heterocycles. The molecular weight excluding hydrogens is 306 g/mol. The van der Waals surface area contributed by atoms with Gasteiger partial charge < -0.3 is 15.8 Å². The molecule has 0 atom stereocenters. The molecule has 0 radical (unpaired) electrons. The highest BCUT2D eigenvalue weighted by Crippen LogP contribution is 2.30. The first-order chi connectivity index (χ1) is 11.6. The van der Waals surface area contributed by atoms with E-state index in [2.05, 4.69) is 20.3 Å². The Labute approximate surface area is 138 Å². The molecule has 0 bridgehead atoms. The topological polar surface area (TPSA) is 103 Å². The molecule has 0 fully saturated rings. The number of nitrogen functional groups attached to an aromatic ring is 1. The Morgan fingerprint density at radius 1 is 1.21 bits per heavy atom. The number of carbonyl (C=O) groups excluding carboxylic acids is 1. The second-order valence-electron chi connectivity index (χ2n) is 4.99. The number of ether oxygens (including phenoxy) is 1. The van der Waals surface area contributed by atoms with Crippen molar-refractivity contribution in [2.45, 2.75) is 6.92 Å². The van der Waals surface area contributed by atoms with E-state index in [1.807, 2.05) is 6.07 Å². The minimum absolute atomic E-state index is 0.0186. The van der Waals surface area contributed by atoms with Crippen molar-refractivity contribution in [2.24, 2.45) is 0 Å². The summed E-state index contributed by atoms with van der Waals surface area (Å²) >= 11 is 0. The Morgan fingerprint density at radius 2 is 2.08 bits per heavy atom. The third kappa shape index (κ3) is 3.46. The molecule has 7 nitrogen and oxygen atoms in total. The molecule has 0 saturated heterocycles. The van der Waals surface area contributed by atoms with Crippen LogP contribution in [0.2, 0.25) is 0 Å². The van der Waals surface area contributed by atoms with Crippen LogP contribution in [-0.4, -0.2) is 20.7 Å². The second-order valence-corrected chi connectivity index (χ2v) is 4.99. The monoisotopic (exact) mass is 321 g/mol. The van der Waals surface area contributed by atoms with E-state index < -0.39 is 0 Å². The highest BCUT2D eigenvalue weighted by atomic mass is 16.5. The number of hydrogen-bond donors (Lipinski definition) is 2. The van der Waals surface area contributed by atoms with E-state index in [0.717, 1.165) is 0 Å². The summed E-state index contributed by atoms with van der Waals surface area (Å²) in [5.41, 5.74) is 7.63. The average Bonchev–Trinajstić information content (AvgIpc) is 2.60. The van der Waals surface area contributed by atoms with Crippen LogP contribution in [0.3, 0.4) is 0 Å². The molecule has 0 aliphatic heterocycles. The maximum atomic E-state index is 11.5. The number of hydrogen-bond acceptors (Lipinski definition) is 7. The number of nitrogens with two attached hydrogens (primary N) is 1. The molecule has 0 spiro atoms. The molecule has 1 aromatic carbocycles. The van der Waals surface area contributed by atoms with Crippen LogP contribution in [-0.2, 0) is 0 Å². The Bertz CT molecular complexity index is 868. The van der Waals surface area contributed by atoms with Crippen molar-refractivity contribution in [3.63, 3.8) is 0 Å². The van der Waals surface area contributed by atoms with Crippen LogP contribution in [0.4, 0.5) is 17.2 Å². The lowest BCUT2D eigenvalue weighted by Crippen LogP contribution is -2.03. The van der Waals surface area contributed by atoms with Gasteiger partial charge in [-0.3, -0.25) is 9.78 Å². The predicted molar refractivity (Wildman–Crippen MR) is 90.5 cm³/mol. The smallest absolute Gasteiger partial charge is 0.248 e. The third-order valence-electron chi connectivity index (χ3n) is 3.23. The first-order valence-corrected chi connectivity index (χ1v) is 7.20. The predicted octanol–water partition coefficient (Wildman–Crippen LogP) is 3.19. The van der Waals surface area contributed by atoms with Gasteiger partial charge in [-0.25, -0.2) is 4.98 Å². The van der Waals surface area contributed by atoms with Crippen molar-refractivity contribution in [3.8, 4) is 11.6 Å². The highest BCUT2D eigenvalue weighted by molar-refractivity contribution is 5.95. The summed E-state index contributed by atoms with van der Waals surface area (Å²) < 4.78 is 5.62. The quantitative estimate of drug-likeness (QED) is 0.695. The minimum Gasteiger partial charge on any atom is -0.435 e. The van der Waals surface area contributed by atoms with E-state index in [9.17, 15) is 4.79 Å². The molecule has 0 amide bonds. The van der Waals surface area contributed by atoms with Gasteiger partial charge in [0.15, 0.2) is 11.6 Å². The van der Waals surface area contributed by atoms with Crippen LogP contribution in [0.5, 0.6) is 11.6 Å². The number of anilines is 3. The van der Waals surface area contributed by atoms with E-state index >= 15 is 0 Å². The van der Waals surface area contributed by atoms with Crippen molar-refractivity contribution in [2.75, 3.05) is 11.1 Å². The molecule has 7 heteroatoms. The van der Waals surface area contributed by atoms with Crippen LogP contribution in [0.1, 0.15) is 17.3 Å². The zero-order valence-electron chi connectivity index (χ0n) is 12.9. The average molecular weight is 321 g/mol. The van der Waals surface area contributed by atoms with Crippen LogP contribution in [0.15, 0.2) is 55.1 Å². The first-order valence-electron chi connectivity index (χ1n) is 7.20. The van der Waals surface area contributed by atoms with Gasteiger partial charge in [-0.2, -0.15) is 4.98 Å². The Hall–Kier alpha value is -3.48. The van der Waals surface area contributed by atoms with Gasteiger partial charge >= 0.3 is 0 Å². The molecule has 0 saturated carbocycles. The normalized spacial score (nSPS) is 10.2. The Morgan fingerprint density at radius 3 is 2.83 bits per heavy atom. The summed E-state index contributed by atoms with van der Waals surface area (Å²) in [6.07, 6.45) is 4.55. The van der Waals surface area contributed by atoms with Crippen molar-refractivity contribution >= 4 is 23.0 Å². The fourth-order valence-corrected chi connectivity index (χ4v) is 2.03. The number of nitrogens with one attached hydrogen (secondary N) is 1. The zero-order valence-corrected chi connectivity index (χ0v) is 12.9. The molecule has 24 heavy (non-hydrogen) atoms. The fourth-order valence-electron chi connectivity index (χ4n) is 2.03. The van der Waals surface area contributed by atoms with Crippen molar-refractivity contribution in [3.05, 3.63) is 60.7 Å². The highest BCUT2D eigenvalue weighted by Gasteiger charge is 2.11. The summed E-state index contributed by atoms with van der Waals surface area (Å²) in [6.45, 7) is 1.51. The minimum atomic E-state index is -0.0186. The second kappa shape index (κ2) is 6.74. The fraction of sp³-hybridized carbons (Fsp3) is 0.0588. The molecule has 0 unspecified atom stereocenters. The summed E-state index contributed by atoms with van der Waals surface area (Å²) in [5.74, 6) is 1.12. The van der Waals surface area contributed by atoms with E-state index in [1.54, 1.807) is 42.7 Å². The lowest BCUT2D eigenvalue weighted by molar-refractivity contribution is 0.101. The number of nitrogens with zero attached hydrogens (tertiary/aromatic N) is 3. The van der Waals surface area contributed by atoms with Gasteiger partial charge in [-0.15, -0.1) is 0 Å². The summed E-state index contributed by atoms with van der Waals surface area (Å²) in [4.78, 5) is 23.6. The number of pyridine rings is 1. The van der Waals surface area contributed by atoms with Gasteiger partial charge in [-0.1, -0.05) is 12.1 Å². The molecule has 3 aromatic rings. The van der Waals surface area contributed by atoms with Gasteiger partial charge in [0.25, 0.3) is 0 Å². The van der Waals surface area contributed by atoms with Crippen molar-refractivity contribution in [1.29, 1.82) is 0 Å². The standard InChI is InChI=1S/C17H15N5O2/c1-11(23)12-4-2-5-13(8-12)22-16-15(18)17(21-10-20-16)24-14-6-3-7-19-9-14/h2-10H,18H2,1H3,(H,20,21,22). The van der Waals surface area contributed by atoms with Crippen LogP contribution in [0.25, 0.3) is 0 Å². The summed E-state index contributed by atoms with van der Waals surface area (Å²) in [5, 5.41) is 3.07. The summed E-state index contributed by atoms with van der Waals surface area (Å²) in [7, 11) is 0. The van der Waals surface area contributed by atoms with E-state index in [1.165, 1.54) is 13.3 Å². The molecule has 2 aromatic heterocycles. The molecule has 120 valence electrons. The number of Topliss-reactive ketones (excluding diaryl/α,β-unsaturated/α-hetero) is 1. The van der Waals surface area contributed by atoms with Crippen LogP contribution < -0.4 is 15.8 Å². The van der Waals surface area contributed by atoms with E-state index in [-0.39, 0.29) is 17.4 Å². The number of ketones is 1. The molecule has 0 aliphatic carbocycles. The van der Waals surface area contributed by atoms with Gasteiger partial charge in [-0.05, 0) is 31.2 Å².